The molecular weight excluding hydrogens is 382 g/mol. The first-order valence-corrected chi connectivity index (χ1v) is 11.4. The van der Waals surface area contributed by atoms with Crippen molar-refractivity contribution in [1.82, 2.24) is 4.90 Å². The molecule has 3 nitrogen and oxygen atoms in total. The molecule has 0 amide bonds. The van der Waals surface area contributed by atoms with Crippen LogP contribution in [-0.2, 0) is 11.2 Å². The number of piperidine rings is 1. The van der Waals surface area contributed by atoms with E-state index in [1.807, 2.05) is 12.1 Å². The van der Waals surface area contributed by atoms with Gasteiger partial charge in [0.2, 0.25) is 0 Å². The normalized spacial score (nSPS) is 18.2. The summed E-state index contributed by atoms with van der Waals surface area (Å²) >= 11 is 0. The summed E-state index contributed by atoms with van der Waals surface area (Å²) in [7, 11) is 0. The van der Waals surface area contributed by atoms with Crippen molar-refractivity contribution in [2.24, 2.45) is 0 Å². The maximum atomic E-state index is 9.69. The van der Waals surface area contributed by atoms with Gasteiger partial charge in [0.25, 0.3) is 0 Å². The number of nitrogens with zero attached hydrogens (tertiary/aromatic N) is 1. The molecule has 0 spiro atoms. The highest BCUT2D eigenvalue weighted by Gasteiger charge is 2.25. The zero-order chi connectivity index (χ0) is 21.5. The van der Waals surface area contributed by atoms with Crippen LogP contribution in [0.3, 0.4) is 0 Å². The molecule has 1 saturated heterocycles. The number of likely N-dealkylation sites (tertiary alicyclic amines) is 1. The Hall–Kier alpha value is -2.46. The molecule has 31 heavy (non-hydrogen) atoms. The van der Waals surface area contributed by atoms with Crippen LogP contribution >= 0.6 is 0 Å². The van der Waals surface area contributed by atoms with E-state index in [4.69, 9.17) is 4.74 Å². The van der Waals surface area contributed by atoms with Gasteiger partial charge in [0.05, 0.1) is 12.2 Å². The molecule has 1 N–H and O–H groups in total. The van der Waals surface area contributed by atoms with Crippen LogP contribution in [0.5, 0.6) is 0 Å². The lowest BCUT2D eigenvalue weighted by molar-refractivity contribution is -0.0330. The molecule has 0 radical (unpaired) electrons. The third-order valence-corrected chi connectivity index (χ3v) is 6.17. The second-order valence-corrected chi connectivity index (χ2v) is 8.57. The van der Waals surface area contributed by atoms with Crippen LogP contribution in [0.1, 0.15) is 54.2 Å². The minimum atomic E-state index is -0.406. The first-order valence-electron chi connectivity index (χ1n) is 11.4. The smallest absolute Gasteiger partial charge is 0.108 e. The van der Waals surface area contributed by atoms with Crippen molar-refractivity contribution in [3.63, 3.8) is 0 Å². The third kappa shape index (κ3) is 6.04. The number of aliphatic hydroxyl groups excluding tert-OH is 1. The number of hydrogen-bond donors (Lipinski definition) is 1. The molecule has 3 aromatic rings. The summed E-state index contributed by atoms with van der Waals surface area (Å²) in [5.74, 6) is 0. The summed E-state index contributed by atoms with van der Waals surface area (Å²) in [6.45, 7) is 4.95. The molecule has 162 valence electrons. The van der Waals surface area contributed by atoms with Crippen molar-refractivity contribution in [2.45, 2.75) is 44.5 Å². The molecular formula is C28H33NO2. The number of aliphatic hydroxyl groups is 1. The Labute approximate surface area is 186 Å². The fourth-order valence-electron chi connectivity index (χ4n) is 4.38. The molecule has 4 rings (SSSR count). The lowest BCUT2D eigenvalue weighted by Crippen LogP contribution is -2.41. The van der Waals surface area contributed by atoms with E-state index in [1.165, 1.54) is 23.1 Å². The molecule has 0 aromatic heterocycles. The van der Waals surface area contributed by atoms with Gasteiger partial charge in [-0.3, -0.25) is 0 Å². The Bertz CT molecular complexity index is 869. The average molecular weight is 416 g/mol. The van der Waals surface area contributed by atoms with Crippen molar-refractivity contribution in [2.75, 3.05) is 19.6 Å². The van der Waals surface area contributed by atoms with Gasteiger partial charge in [-0.2, -0.15) is 0 Å². The maximum Gasteiger partial charge on any atom is 0.108 e. The molecule has 0 saturated carbocycles. The average Bonchev–Trinajstić information content (AvgIpc) is 2.83. The van der Waals surface area contributed by atoms with Crippen LogP contribution < -0.4 is 0 Å². The fraction of sp³-hybridized carbons (Fsp3) is 0.357. The van der Waals surface area contributed by atoms with Crippen molar-refractivity contribution in [1.29, 1.82) is 0 Å². The lowest BCUT2D eigenvalue weighted by atomic mass is 10.00. The predicted molar refractivity (Wildman–Crippen MR) is 126 cm³/mol. The number of ether oxygens (including phenoxy) is 1. The van der Waals surface area contributed by atoms with E-state index < -0.39 is 6.10 Å². The zero-order valence-corrected chi connectivity index (χ0v) is 18.4. The third-order valence-electron chi connectivity index (χ3n) is 6.17. The maximum absolute atomic E-state index is 9.69. The Morgan fingerprint density at radius 2 is 1.48 bits per heavy atom. The molecule has 1 unspecified atom stereocenters. The van der Waals surface area contributed by atoms with Crippen molar-refractivity contribution < 1.29 is 9.84 Å². The van der Waals surface area contributed by atoms with Crippen LogP contribution in [0.2, 0.25) is 0 Å². The summed E-state index contributed by atoms with van der Waals surface area (Å²) in [6.07, 6.45) is 3.10. The van der Waals surface area contributed by atoms with Gasteiger partial charge in [-0.15, -0.1) is 0 Å². The number of hydrogen-bond acceptors (Lipinski definition) is 3. The van der Waals surface area contributed by atoms with E-state index in [0.717, 1.165) is 38.0 Å². The zero-order valence-electron chi connectivity index (χ0n) is 18.4. The van der Waals surface area contributed by atoms with Gasteiger partial charge >= 0.3 is 0 Å². The standard InChI is InChI=1S/C28H33NO2/c1-22(30)24-16-14-23(15-17-24)18-20-29-19-8-13-27(21-29)31-28(25-9-4-2-5-10-25)26-11-6-3-7-12-26/h2-7,9-12,14-17,22,27-28,30H,8,13,18-21H2,1H3/t22?,27-/m1/s1. The van der Waals surface area contributed by atoms with Gasteiger partial charge in [-0.25, -0.2) is 0 Å². The minimum absolute atomic E-state index is 0.0274. The summed E-state index contributed by atoms with van der Waals surface area (Å²) in [5, 5.41) is 9.69. The van der Waals surface area contributed by atoms with Gasteiger partial charge in [-0.05, 0) is 55.0 Å². The van der Waals surface area contributed by atoms with Gasteiger partial charge < -0.3 is 14.7 Å². The van der Waals surface area contributed by atoms with E-state index in [-0.39, 0.29) is 12.2 Å². The number of rotatable bonds is 8. The van der Waals surface area contributed by atoms with E-state index >= 15 is 0 Å². The van der Waals surface area contributed by atoms with Gasteiger partial charge in [0.1, 0.15) is 6.10 Å². The second-order valence-electron chi connectivity index (χ2n) is 8.57. The molecule has 2 atom stereocenters. The Morgan fingerprint density at radius 3 is 2.06 bits per heavy atom. The van der Waals surface area contributed by atoms with Crippen LogP contribution in [0, 0.1) is 0 Å². The Balaban J connectivity index is 1.38. The highest BCUT2D eigenvalue weighted by Crippen LogP contribution is 2.29. The van der Waals surface area contributed by atoms with Gasteiger partial charge in [0, 0.05) is 13.1 Å². The predicted octanol–water partition coefficient (Wildman–Crippen LogP) is 5.55. The molecule has 1 aliphatic heterocycles. The van der Waals surface area contributed by atoms with E-state index in [1.54, 1.807) is 6.92 Å². The minimum Gasteiger partial charge on any atom is -0.389 e. The quantitative estimate of drug-likeness (QED) is 0.523. The summed E-state index contributed by atoms with van der Waals surface area (Å²) < 4.78 is 6.72. The fourth-order valence-corrected chi connectivity index (χ4v) is 4.38. The lowest BCUT2D eigenvalue weighted by Gasteiger charge is -2.35. The van der Waals surface area contributed by atoms with Crippen molar-refractivity contribution in [3.8, 4) is 0 Å². The molecule has 1 aliphatic rings. The van der Waals surface area contributed by atoms with Crippen LogP contribution in [-0.4, -0.2) is 35.7 Å². The Morgan fingerprint density at radius 1 is 0.871 bits per heavy atom. The molecule has 1 heterocycles. The summed E-state index contributed by atoms with van der Waals surface area (Å²) in [5.41, 5.74) is 4.72. The highest BCUT2D eigenvalue weighted by molar-refractivity contribution is 5.30. The van der Waals surface area contributed by atoms with Crippen LogP contribution in [0.25, 0.3) is 0 Å². The summed E-state index contributed by atoms with van der Waals surface area (Å²) in [4.78, 5) is 2.53. The van der Waals surface area contributed by atoms with Crippen LogP contribution in [0.15, 0.2) is 84.9 Å². The van der Waals surface area contributed by atoms with Gasteiger partial charge in [0.15, 0.2) is 0 Å². The SMILES string of the molecule is CC(O)c1ccc(CCN2CCC[C@@H](OC(c3ccccc3)c3ccccc3)C2)cc1. The van der Waals surface area contributed by atoms with Crippen molar-refractivity contribution >= 4 is 0 Å². The highest BCUT2D eigenvalue weighted by atomic mass is 16.5. The first-order chi connectivity index (χ1) is 15.2. The topological polar surface area (TPSA) is 32.7 Å². The first kappa shape index (κ1) is 21.8. The van der Waals surface area contributed by atoms with E-state index in [9.17, 15) is 5.11 Å². The number of benzene rings is 3. The summed E-state index contributed by atoms with van der Waals surface area (Å²) in [6, 6.07) is 29.5. The largest absolute Gasteiger partial charge is 0.389 e. The monoisotopic (exact) mass is 415 g/mol. The van der Waals surface area contributed by atoms with Crippen LogP contribution in [0.4, 0.5) is 0 Å². The van der Waals surface area contributed by atoms with Crippen molar-refractivity contribution in [3.05, 3.63) is 107 Å². The molecule has 0 bridgehead atoms. The van der Waals surface area contributed by atoms with Gasteiger partial charge in [-0.1, -0.05) is 84.9 Å². The molecule has 3 heteroatoms. The Kier molecular flexibility index (Phi) is 7.52. The molecule has 1 fully saturated rings. The molecule has 3 aromatic carbocycles. The van der Waals surface area contributed by atoms with E-state index in [0.29, 0.717) is 0 Å². The molecule has 0 aliphatic carbocycles. The second kappa shape index (κ2) is 10.7. The van der Waals surface area contributed by atoms with E-state index in [2.05, 4.69) is 77.7 Å².